The zero-order chi connectivity index (χ0) is 23.8. The molecule has 0 aromatic heterocycles. The van der Waals surface area contributed by atoms with E-state index in [1.54, 1.807) is 12.1 Å². The molecular formula is C24H25BF3NO4. The van der Waals surface area contributed by atoms with Crippen LogP contribution >= 0.6 is 0 Å². The van der Waals surface area contributed by atoms with E-state index in [9.17, 15) is 23.4 Å². The maximum absolute atomic E-state index is 13.0. The number of phenolic OH excluding ortho intramolecular Hbond substituents is 1. The molecule has 1 fully saturated rings. The molecule has 1 unspecified atom stereocenters. The Hall–Kier alpha value is -2.94. The van der Waals surface area contributed by atoms with Gasteiger partial charge in [0.25, 0.3) is 0 Å². The minimum absolute atomic E-state index is 0.0763. The van der Waals surface area contributed by atoms with Crippen LogP contribution in [0, 0.1) is 5.41 Å². The van der Waals surface area contributed by atoms with Crippen LogP contribution in [-0.2, 0) is 12.8 Å². The molecule has 4 rings (SSSR count). The molecule has 1 saturated heterocycles. The summed E-state index contributed by atoms with van der Waals surface area (Å²) < 4.78 is 50.5. The van der Waals surface area contributed by atoms with Crippen LogP contribution in [0.4, 0.5) is 13.2 Å². The van der Waals surface area contributed by atoms with E-state index < -0.39 is 17.5 Å². The Bertz CT molecular complexity index is 1100. The predicted octanol–water partition coefficient (Wildman–Crippen LogP) is 3.88. The number of alkyl halides is 3. The predicted molar refractivity (Wildman–Crippen MR) is 121 cm³/mol. The van der Waals surface area contributed by atoms with Crippen molar-refractivity contribution in [3.63, 3.8) is 0 Å². The van der Waals surface area contributed by atoms with Crippen LogP contribution in [0.25, 0.3) is 6.08 Å². The number of rotatable bonds is 6. The Morgan fingerprint density at radius 3 is 2.73 bits per heavy atom. The van der Waals surface area contributed by atoms with Crippen molar-refractivity contribution in [1.82, 2.24) is 4.90 Å². The van der Waals surface area contributed by atoms with Gasteiger partial charge in [-0.15, -0.1) is 0 Å². The van der Waals surface area contributed by atoms with E-state index in [1.807, 2.05) is 13.0 Å². The first-order valence-electron chi connectivity index (χ1n) is 10.6. The monoisotopic (exact) mass is 459 g/mol. The summed E-state index contributed by atoms with van der Waals surface area (Å²) in [6, 6.07) is 8.61. The van der Waals surface area contributed by atoms with Gasteiger partial charge in [0.05, 0.1) is 5.56 Å². The molecule has 33 heavy (non-hydrogen) atoms. The van der Waals surface area contributed by atoms with E-state index in [4.69, 9.17) is 9.47 Å². The van der Waals surface area contributed by atoms with Crippen LogP contribution in [0.5, 0.6) is 17.2 Å². The molecule has 2 heterocycles. The van der Waals surface area contributed by atoms with Crippen LogP contribution in [0.15, 0.2) is 42.0 Å². The van der Waals surface area contributed by atoms with Gasteiger partial charge in [0.1, 0.15) is 12.4 Å². The molecule has 174 valence electrons. The van der Waals surface area contributed by atoms with E-state index in [0.717, 1.165) is 49.3 Å². The summed E-state index contributed by atoms with van der Waals surface area (Å²) in [7, 11) is 3.70. The number of aromatic hydroxyl groups is 1. The molecular weight excluding hydrogens is 434 g/mol. The second-order valence-corrected chi connectivity index (χ2v) is 8.90. The molecule has 2 aliphatic rings. The first-order valence-corrected chi connectivity index (χ1v) is 10.6. The topological polar surface area (TPSA) is 62.2 Å². The van der Waals surface area contributed by atoms with Gasteiger partial charge in [-0.25, -0.2) is 0 Å². The van der Waals surface area contributed by atoms with Gasteiger partial charge in [-0.1, -0.05) is 6.07 Å². The summed E-state index contributed by atoms with van der Waals surface area (Å²) >= 11 is 0. The molecule has 0 spiro atoms. The molecule has 0 radical (unpaired) electrons. The average molecular weight is 459 g/mol. The Morgan fingerprint density at radius 2 is 2.03 bits per heavy atom. The number of ether oxygens (including phenoxy) is 2. The summed E-state index contributed by atoms with van der Waals surface area (Å²) in [4.78, 5) is 2.27. The summed E-state index contributed by atoms with van der Waals surface area (Å²) in [6.45, 7) is 4.72. The fourth-order valence-corrected chi connectivity index (χ4v) is 4.15. The van der Waals surface area contributed by atoms with Crippen LogP contribution < -0.4 is 9.47 Å². The second-order valence-electron chi connectivity index (χ2n) is 8.90. The van der Waals surface area contributed by atoms with Crippen molar-refractivity contribution >= 4 is 19.2 Å². The summed E-state index contributed by atoms with van der Waals surface area (Å²) in [6.07, 6.45) is -1.70. The van der Waals surface area contributed by atoms with Gasteiger partial charge in [0.2, 0.25) is 0 Å². The molecule has 2 N–H and O–H groups in total. The molecule has 2 aromatic carbocycles. The molecule has 0 aliphatic carbocycles. The Morgan fingerprint density at radius 1 is 1.24 bits per heavy atom. The van der Waals surface area contributed by atoms with Gasteiger partial charge < -0.3 is 5.11 Å². The first-order chi connectivity index (χ1) is 15.5. The van der Waals surface area contributed by atoms with E-state index in [-0.39, 0.29) is 17.7 Å². The first kappa shape index (κ1) is 23.2. The van der Waals surface area contributed by atoms with Crippen molar-refractivity contribution < 1.29 is 32.9 Å². The molecule has 0 amide bonds. The van der Waals surface area contributed by atoms with Crippen molar-refractivity contribution in [2.24, 2.45) is 5.41 Å². The second kappa shape index (κ2) is 8.78. The Labute approximate surface area is 191 Å². The van der Waals surface area contributed by atoms with Crippen molar-refractivity contribution in [1.29, 1.82) is 0 Å². The van der Waals surface area contributed by atoms with Gasteiger partial charge in [-0.05, 0) is 17.7 Å². The molecule has 2 aromatic rings. The van der Waals surface area contributed by atoms with Crippen LogP contribution in [0.3, 0.4) is 0 Å². The molecule has 0 saturated carbocycles. The third-order valence-corrected chi connectivity index (χ3v) is 6.21. The standard InChI is InChI=1S/C24H25BF3NO4/c1-23(22(25)31)6-7-29(14-23)11-16-8-17-3-4-18(10-21(17)33-13-16)32-12-15-2-5-20(30)19(9-15)24(26,27)28/h2-5,8-10,25,30-31H,6-7,11-14H2,1H3. The number of hydrogen-bond acceptors (Lipinski definition) is 5. The van der Waals surface area contributed by atoms with E-state index in [1.165, 1.54) is 6.07 Å². The number of likely N-dealkylation sites (tertiary alicyclic amines) is 1. The number of halogens is 3. The maximum atomic E-state index is 13.0. The number of nitrogens with zero attached hydrogens (tertiary/aromatic N) is 1. The zero-order valence-electron chi connectivity index (χ0n) is 18.3. The van der Waals surface area contributed by atoms with Crippen LogP contribution in [-0.4, -0.2) is 54.5 Å². The van der Waals surface area contributed by atoms with E-state index in [2.05, 4.69) is 18.5 Å². The third-order valence-electron chi connectivity index (χ3n) is 6.21. The van der Waals surface area contributed by atoms with Gasteiger partial charge in [-0.2, -0.15) is 13.2 Å². The van der Waals surface area contributed by atoms with Crippen molar-refractivity contribution in [2.75, 3.05) is 26.2 Å². The zero-order valence-corrected chi connectivity index (χ0v) is 18.3. The molecule has 9 heteroatoms. The number of phenols is 1. The number of hydrogen-bond donors (Lipinski definition) is 2. The normalized spacial score (nSPS) is 20.6. The van der Waals surface area contributed by atoms with Gasteiger partial charge in [-0.3, -0.25) is 0 Å². The third kappa shape index (κ3) is 5.19. The van der Waals surface area contributed by atoms with Gasteiger partial charge in [0, 0.05) is 0 Å². The van der Waals surface area contributed by atoms with Crippen molar-refractivity contribution in [3.8, 4) is 17.2 Å². The Kier molecular flexibility index (Phi) is 6.18. The van der Waals surface area contributed by atoms with Crippen LogP contribution in [0.2, 0.25) is 0 Å². The quantitative estimate of drug-likeness (QED) is 0.643. The SMILES string of the molecule is B=C(O)C1(C)CCN(CC2=Cc3ccc(OCc4ccc(O)c(C(F)(F)F)c4)cc3OC2)C1. The fourth-order valence-electron chi connectivity index (χ4n) is 4.15. The summed E-state index contributed by atoms with van der Waals surface area (Å²) in [5.74, 6) is 0.313. The van der Waals surface area contributed by atoms with E-state index in [0.29, 0.717) is 23.7 Å². The van der Waals surface area contributed by atoms with Crippen molar-refractivity contribution in [2.45, 2.75) is 26.1 Å². The molecule has 1 atom stereocenters. The number of benzene rings is 2. The summed E-state index contributed by atoms with van der Waals surface area (Å²) in [5.41, 5.74) is 1.17. The molecule has 2 aliphatic heterocycles. The van der Waals surface area contributed by atoms with Crippen molar-refractivity contribution in [3.05, 3.63) is 58.7 Å². The Balaban J connectivity index is 1.39. The van der Waals surface area contributed by atoms with Crippen LogP contribution in [0.1, 0.15) is 30.0 Å². The minimum atomic E-state index is -4.64. The average Bonchev–Trinajstić information content (AvgIpc) is 3.14. The summed E-state index contributed by atoms with van der Waals surface area (Å²) in [5, 5.41) is 19.3. The number of fused-ring (bicyclic) bond motifs is 1. The molecule has 0 bridgehead atoms. The fraction of sp³-hybridized carbons (Fsp3) is 0.375. The van der Waals surface area contributed by atoms with E-state index >= 15 is 0 Å². The molecule has 5 nitrogen and oxygen atoms in total. The van der Waals surface area contributed by atoms with Gasteiger partial charge >= 0.3 is 131 Å². The van der Waals surface area contributed by atoms with Gasteiger partial charge in [0.15, 0.2) is 0 Å². The number of aliphatic hydroxyl groups is 1. The number of aliphatic hydroxyl groups excluding tert-OH is 1.